The van der Waals surface area contributed by atoms with Gasteiger partial charge in [0.1, 0.15) is 0 Å². The van der Waals surface area contributed by atoms with Crippen molar-refractivity contribution in [2.75, 3.05) is 7.05 Å². The van der Waals surface area contributed by atoms with Gasteiger partial charge in [-0.15, -0.1) is 0 Å². The lowest BCUT2D eigenvalue weighted by atomic mass is 10.0. The molecule has 0 radical (unpaired) electrons. The van der Waals surface area contributed by atoms with Gasteiger partial charge in [0.15, 0.2) is 11.6 Å². The fraction of sp³-hybridized carbons (Fsp3) is 0.143. The maximum atomic E-state index is 13.8. The molecule has 1 amide bonds. The Kier molecular flexibility index (Phi) is 4.22. The standard InChI is InChI=1S/C21H17F2N3O2/c1-11(15-9-25-20(27)14-8-18(23)17(22)7-13(14)15)26(2)21(28)16-10-24-19-6-4-3-5-12(16)19/h3-11,24H,1-2H3,(H,25,27)/t11-/m0/s1. The van der Waals surface area contributed by atoms with Gasteiger partial charge in [-0.05, 0) is 36.1 Å². The Morgan fingerprint density at radius 1 is 1.00 bits per heavy atom. The predicted molar refractivity (Wildman–Crippen MR) is 103 cm³/mol. The molecule has 0 aliphatic carbocycles. The van der Waals surface area contributed by atoms with Gasteiger partial charge < -0.3 is 14.9 Å². The summed E-state index contributed by atoms with van der Waals surface area (Å²) in [5.74, 6) is -2.37. The largest absolute Gasteiger partial charge is 0.360 e. The normalized spacial score (nSPS) is 12.4. The number of fused-ring (bicyclic) bond motifs is 2. The molecule has 7 heteroatoms. The highest BCUT2D eigenvalue weighted by molar-refractivity contribution is 6.06. The zero-order valence-corrected chi connectivity index (χ0v) is 15.2. The minimum Gasteiger partial charge on any atom is -0.360 e. The quantitative estimate of drug-likeness (QED) is 0.560. The topological polar surface area (TPSA) is 69.0 Å². The maximum absolute atomic E-state index is 13.8. The summed E-state index contributed by atoms with van der Waals surface area (Å²) in [5, 5.41) is 1.11. The number of carbonyl (C=O) groups is 1. The number of para-hydroxylation sites is 1. The van der Waals surface area contributed by atoms with E-state index in [1.807, 2.05) is 24.3 Å². The molecule has 0 unspecified atom stereocenters. The summed E-state index contributed by atoms with van der Waals surface area (Å²) in [4.78, 5) is 32.2. The highest BCUT2D eigenvalue weighted by atomic mass is 19.2. The number of aromatic amines is 2. The van der Waals surface area contributed by atoms with E-state index in [2.05, 4.69) is 9.97 Å². The number of halogens is 2. The summed E-state index contributed by atoms with van der Waals surface area (Å²) in [6.07, 6.45) is 3.09. The first-order valence-corrected chi connectivity index (χ1v) is 8.72. The van der Waals surface area contributed by atoms with E-state index in [0.717, 1.165) is 23.0 Å². The first kappa shape index (κ1) is 17.9. The van der Waals surface area contributed by atoms with Crippen LogP contribution in [0.1, 0.15) is 28.9 Å². The number of nitrogens with one attached hydrogen (secondary N) is 2. The van der Waals surface area contributed by atoms with Gasteiger partial charge in [-0.2, -0.15) is 0 Å². The van der Waals surface area contributed by atoms with Crippen molar-refractivity contribution in [1.29, 1.82) is 0 Å². The zero-order valence-electron chi connectivity index (χ0n) is 15.2. The molecule has 0 saturated carbocycles. The molecule has 0 fully saturated rings. The van der Waals surface area contributed by atoms with Gasteiger partial charge in [0.2, 0.25) is 0 Å². The zero-order chi connectivity index (χ0) is 20.0. The molecule has 0 aliphatic heterocycles. The van der Waals surface area contributed by atoms with Crippen molar-refractivity contribution in [3.8, 4) is 0 Å². The Bertz CT molecular complexity index is 1280. The molecule has 0 bridgehead atoms. The van der Waals surface area contributed by atoms with Crippen LogP contribution in [-0.2, 0) is 0 Å². The average molecular weight is 381 g/mol. The van der Waals surface area contributed by atoms with Crippen LogP contribution < -0.4 is 5.56 Å². The SMILES string of the molecule is C[C@@H](c1c[nH]c(=O)c2cc(F)c(F)cc12)N(C)C(=O)c1c[nH]c2ccccc12. The molecule has 4 rings (SSSR count). The smallest absolute Gasteiger partial charge is 0.256 e. The van der Waals surface area contributed by atoms with E-state index < -0.39 is 23.2 Å². The molecule has 2 aromatic heterocycles. The molecular formula is C21H17F2N3O2. The van der Waals surface area contributed by atoms with E-state index in [-0.39, 0.29) is 16.7 Å². The number of aromatic nitrogens is 2. The highest BCUT2D eigenvalue weighted by Gasteiger charge is 2.24. The third-order valence-corrected chi connectivity index (χ3v) is 5.15. The van der Waals surface area contributed by atoms with E-state index in [1.54, 1.807) is 20.2 Å². The number of pyridine rings is 1. The number of carbonyl (C=O) groups excluding carboxylic acids is 1. The molecule has 1 atom stereocenters. The Hall–Kier alpha value is -3.48. The van der Waals surface area contributed by atoms with Crippen LogP contribution in [0.15, 0.2) is 53.6 Å². The highest BCUT2D eigenvalue weighted by Crippen LogP contribution is 2.29. The van der Waals surface area contributed by atoms with Crippen LogP contribution in [-0.4, -0.2) is 27.8 Å². The minimum absolute atomic E-state index is 0.0381. The number of rotatable bonds is 3. The fourth-order valence-corrected chi connectivity index (χ4v) is 3.44. The van der Waals surface area contributed by atoms with Crippen molar-refractivity contribution >= 4 is 27.6 Å². The summed E-state index contributed by atoms with van der Waals surface area (Å²) in [6.45, 7) is 1.76. The van der Waals surface area contributed by atoms with Crippen molar-refractivity contribution in [3.63, 3.8) is 0 Å². The lowest BCUT2D eigenvalue weighted by Crippen LogP contribution is -2.30. The van der Waals surface area contributed by atoms with E-state index in [1.165, 1.54) is 11.1 Å². The predicted octanol–water partition coefficient (Wildman–Crippen LogP) is 4.12. The lowest BCUT2D eigenvalue weighted by molar-refractivity contribution is 0.0745. The Balaban J connectivity index is 1.78. The van der Waals surface area contributed by atoms with Crippen LogP contribution >= 0.6 is 0 Å². The molecule has 2 heterocycles. The van der Waals surface area contributed by atoms with Crippen molar-refractivity contribution in [3.05, 3.63) is 81.9 Å². The third-order valence-electron chi connectivity index (χ3n) is 5.15. The number of nitrogens with zero attached hydrogens (tertiary/aromatic N) is 1. The Labute approximate surface area is 158 Å². The van der Waals surface area contributed by atoms with Gasteiger partial charge in [-0.25, -0.2) is 8.78 Å². The molecule has 0 saturated heterocycles. The van der Waals surface area contributed by atoms with Crippen LogP contribution in [0, 0.1) is 11.6 Å². The Morgan fingerprint density at radius 2 is 1.68 bits per heavy atom. The second-order valence-corrected chi connectivity index (χ2v) is 6.73. The number of hydrogen-bond donors (Lipinski definition) is 2. The first-order valence-electron chi connectivity index (χ1n) is 8.72. The summed E-state index contributed by atoms with van der Waals surface area (Å²) in [5.41, 5.74) is 1.36. The Morgan fingerprint density at radius 3 is 2.43 bits per heavy atom. The first-order chi connectivity index (χ1) is 13.4. The van der Waals surface area contributed by atoms with Crippen LogP contribution in [0.25, 0.3) is 21.7 Å². The van der Waals surface area contributed by atoms with E-state index in [9.17, 15) is 18.4 Å². The molecule has 2 aromatic carbocycles. The molecule has 2 N–H and O–H groups in total. The molecule has 5 nitrogen and oxygen atoms in total. The van der Waals surface area contributed by atoms with Crippen LogP contribution in [0.5, 0.6) is 0 Å². The molecule has 142 valence electrons. The second-order valence-electron chi connectivity index (χ2n) is 6.73. The van der Waals surface area contributed by atoms with Gasteiger partial charge in [-0.3, -0.25) is 9.59 Å². The maximum Gasteiger partial charge on any atom is 0.256 e. The average Bonchev–Trinajstić information content (AvgIpc) is 3.12. The molecule has 0 spiro atoms. The minimum atomic E-state index is -1.09. The fourth-order valence-electron chi connectivity index (χ4n) is 3.44. The van der Waals surface area contributed by atoms with Crippen molar-refractivity contribution in [2.24, 2.45) is 0 Å². The summed E-state index contributed by atoms with van der Waals surface area (Å²) in [7, 11) is 1.63. The van der Waals surface area contributed by atoms with Crippen LogP contribution in [0.3, 0.4) is 0 Å². The molecular weight excluding hydrogens is 364 g/mol. The lowest BCUT2D eigenvalue weighted by Gasteiger charge is -2.26. The van der Waals surface area contributed by atoms with Gasteiger partial charge >= 0.3 is 0 Å². The monoisotopic (exact) mass is 381 g/mol. The number of hydrogen-bond acceptors (Lipinski definition) is 2. The number of amides is 1. The van der Waals surface area contributed by atoms with Gasteiger partial charge in [0.25, 0.3) is 11.5 Å². The van der Waals surface area contributed by atoms with E-state index >= 15 is 0 Å². The summed E-state index contributed by atoms with van der Waals surface area (Å²) >= 11 is 0. The number of benzene rings is 2. The van der Waals surface area contributed by atoms with Gasteiger partial charge in [0, 0.05) is 30.3 Å². The third kappa shape index (κ3) is 2.76. The van der Waals surface area contributed by atoms with Crippen LogP contribution in [0.2, 0.25) is 0 Å². The number of H-pyrrole nitrogens is 2. The van der Waals surface area contributed by atoms with Crippen molar-refractivity contribution in [2.45, 2.75) is 13.0 Å². The van der Waals surface area contributed by atoms with Crippen molar-refractivity contribution < 1.29 is 13.6 Å². The van der Waals surface area contributed by atoms with Crippen molar-refractivity contribution in [1.82, 2.24) is 14.9 Å². The molecule has 0 aliphatic rings. The molecule has 4 aromatic rings. The molecule has 28 heavy (non-hydrogen) atoms. The van der Waals surface area contributed by atoms with Gasteiger partial charge in [-0.1, -0.05) is 18.2 Å². The summed E-state index contributed by atoms with van der Waals surface area (Å²) < 4.78 is 27.4. The second kappa shape index (κ2) is 6.60. The van der Waals surface area contributed by atoms with E-state index in [4.69, 9.17) is 0 Å². The summed E-state index contributed by atoms with van der Waals surface area (Å²) in [6, 6.07) is 8.83. The van der Waals surface area contributed by atoms with Crippen LogP contribution in [0.4, 0.5) is 8.78 Å². The van der Waals surface area contributed by atoms with Gasteiger partial charge in [0.05, 0.1) is 17.0 Å². The van der Waals surface area contributed by atoms with E-state index in [0.29, 0.717) is 11.1 Å².